The quantitative estimate of drug-likeness (QED) is 0.737. The van der Waals surface area contributed by atoms with Crippen LogP contribution in [0.3, 0.4) is 0 Å². The van der Waals surface area contributed by atoms with Crippen LogP contribution in [-0.2, 0) is 13.0 Å². The molecule has 1 aliphatic rings. The van der Waals surface area contributed by atoms with Gasteiger partial charge >= 0.3 is 0 Å². The van der Waals surface area contributed by atoms with Gasteiger partial charge in [0.1, 0.15) is 11.8 Å². The number of halogens is 1. The summed E-state index contributed by atoms with van der Waals surface area (Å²) in [5.74, 6) is 0.930. The fourth-order valence-electron chi connectivity index (χ4n) is 2.88. The van der Waals surface area contributed by atoms with Crippen molar-refractivity contribution in [3.63, 3.8) is 0 Å². The number of fused-ring (bicyclic) bond motifs is 2. The minimum Gasteiger partial charge on any atom is -0.350 e. The van der Waals surface area contributed by atoms with Gasteiger partial charge in [0.05, 0.1) is 6.33 Å². The Hall–Kier alpha value is -1.95. The fraction of sp³-hybridized carbons (Fsp3) is 0.267. The van der Waals surface area contributed by atoms with Crippen LogP contribution in [0.25, 0.3) is 11.2 Å². The van der Waals surface area contributed by atoms with Crippen LogP contribution in [-0.4, -0.2) is 26.5 Å². The molecule has 0 radical (unpaired) electrons. The largest absolute Gasteiger partial charge is 0.350 e. The van der Waals surface area contributed by atoms with E-state index in [1.165, 1.54) is 16.7 Å². The first-order valence-corrected chi connectivity index (χ1v) is 7.68. The van der Waals surface area contributed by atoms with Gasteiger partial charge in [-0.2, -0.15) is 0 Å². The van der Waals surface area contributed by atoms with E-state index in [0.29, 0.717) is 0 Å². The molecule has 1 N–H and O–H groups in total. The molecule has 5 nitrogen and oxygen atoms in total. The van der Waals surface area contributed by atoms with Gasteiger partial charge in [-0.1, -0.05) is 22.0 Å². The number of nitrogens with zero attached hydrogens (tertiary/aromatic N) is 4. The average Bonchev–Trinajstić information content (AvgIpc) is 2.96. The lowest BCUT2D eigenvalue weighted by molar-refractivity contribution is 0.721. The third-order valence-electron chi connectivity index (χ3n) is 4.00. The van der Waals surface area contributed by atoms with E-state index in [9.17, 15) is 0 Å². The van der Waals surface area contributed by atoms with Crippen molar-refractivity contribution in [2.24, 2.45) is 0 Å². The summed E-state index contributed by atoms with van der Waals surface area (Å²) in [6.45, 7) is 3.95. The predicted molar refractivity (Wildman–Crippen MR) is 85.3 cm³/mol. The number of aromatic nitrogens is 4. The standard InChI is InChI=1S/C15H14BrN5/c1-9-4-10-2-3-21(6-11(10)5-12(9)16)15-13-14(18-7-17-13)19-8-20-15/h4-5,7-8H,2-3,6H2,1H3,(H,17,18,19,20). The molecule has 6 heteroatoms. The van der Waals surface area contributed by atoms with Crippen LogP contribution in [0.1, 0.15) is 16.7 Å². The Morgan fingerprint density at radius 3 is 3.00 bits per heavy atom. The molecular formula is C15H14BrN5. The van der Waals surface area contributed by atoms with Gasteiger partial charge in [-0.25, -0.2) is 15.0 Å². The van der Waals surface area contributed by atoms with Crippen LogP contribution >= 0.6 is 15.9 Å². The monoisotopic (exact) mass is 343 g/mol. The van der Waals surface area contributed by atoms with Gasteiger partial charge in [0.2, 0.25) is 0 Å². The molecule has 0 atom stereocenters. The molecule has 0 amide bonds. The first-order chi connectivity index (χ1) is 10.2. The Morgan fingerprint density at radius 2 is 2.10 bits per heavy atom. The van der Waals surface area contributed by atoms with Crippen molar-refractivity contribution in [3.05, 3.63) is 46.0 Å². The molecule has 3 aromatic rings. The molecule has 0 bridgehead atoms. The maximum Gasteiger partial charge on any atom is 0.182 e. The number of aryl methyl sites for hydroxylation is 1. The Kier molecular flexibility index (Phi) is 2.92. The summed E-state index contributed by atoms with van der Waals surface area (Å²) in [6.07, 6.45) is 4.28. The Labute approximate surface area is 130 Å². The highest BCUT2D eigenvalue weighted by molar-refractivity contribution is 9.10. The number of H-pyrrole nitrogens is 1. The topological polar surface area (TPSA) is 57.7 Å². The smallest absolute Gasteiger partial charge is 0.182 e. The molecule has 4 rings (SSSR count). The lowest BCUT2D eigenvalue weighted by Crippen LogP contribution is -2.31. The molecule has 3 heterocycles. The number of nitrogens with one attached hydrogen (secondary N) is 1. The van der Waals surface area contributed by atoms with Crippen molar-refractivity contribution < 1.29 is 0 Å². The van der Waals surface area contributed by atoms with E-state index >= 15 is 0 Å². The zero-order valence-electron chi connectivity index (χ0n) is 11.6. The molecule has 1 aliphatic heterocycles. The minimum absolute atomic E-state index is 0.718. The van der Waals surface area contributed by atoms with Gasteiger partial charge in [0, 0.05) is 17.6 Å². The molecule has 0 aliphatic carbocycles. The van der Waals surface area contributed by atoms with Crippen LogP contribution in [0, 0.1) is 6.92 Å². The lowest BCUT2D eigenvalue weighted by Gasteiger charge is -2.30. The lowest BCUT2D eigenvalue weighted by atomic mass is 9.97. The van der Waals surface area contributed by atoms with E-state index in [2.05, 4.69) is 59.8 Å². The second-order valence-corrected chi connectivity index (χ2v) is 6.19. The van der Waals surface area contributed by atoms with Crippen molar-refractivity contribution in [3.8, 4) is 0 Å². The molecule has 0 saturated heterocycles. The Morgan fingerprint density at radius 1 is 1.19 bits per heavy atom. The first-order valence-electron chi connectivity index (χ1n) is 6.89. The number of aromatic amines is 1. The van der Waals surface area contributed by atoms with E-state index in [1.807, 2.05) is 0 Å². The van der Waals surface area contributed by atoms with Gasteiger partial charge in [-0.15, -0.1) is 0 Å². The van der Waals surface area contributed by atoms with Gasteiger partial charge in [0.25, 0.3) is 0 Å². The Bertz CT molecular complexity index is 826. The maximum atomic E-state index is 4.45. The molecule has 106 valence electrons. The highest BCUT2D eigenvalue weighted by atomic mass is 79.9. The van der Waals surface area contributed by atoms with E-state index < -0.39 is 0 Å². The Balaban J connectivity index is 1.75. The van der Waals surface area contributed by atoms with Crippen LogP contribution < -0.4 is 4.90 Å². The third-order valence-corrected chi connectivity index (χ3v) is 4.85. The summed E-state index contributed by atoms with van der Waals surface area (Å²) in [4.78, 5) is 18.3. The fourth-order valence-corrected chi connectivity index (χ4v) is 3.27. The van der Waals surface area contributed by atoms with Crippen LogP contribution in [0.4, 0.5) is 5.82 Å². The summed E-state index contributed by atoms with van der Waals surface area (Å²) in [7, 11) is 0. The van der Waals surface area contributed by atoms with E-state index in [4.69, 9.17) is 0 Å². The number of hydrogen-bond acceptors (Lipinski definition) is 4. The zero-order chi connectivity index (χ0) is 14.4. The second kappa shape index (κ2) is 4.80. The van der Waals surface area contributed by atoms with Gasteiger partial charge in [-0.3, -0.25) is 0 Å². The highest BCUT2D eigenvalue weighted by Crippen LogP contribution is 2.29. The summed E-state index contributed by atoms with van der Waals surface area (Å²) >= 11 is 3.62. The highest BCUT2D eigenvalue weighted by Gasteiger charge is 2.21. The summed E-state index contributed by atoms with van der Waals surface area (Å²) in [5.41, 5.74) is 5.70. The van der Waals surface area contributed by atoms with Crippen LogP contribution in [0.2, 0.25) is 0 Å². The molecule has 0 spiro atoms. The summed E-state index contributed by atoms with van der Waals surface area (Å²) in [6, 6.07) is 4.50. The van der Waals surface area contributed by atoms with Gasteiger partial charge in [-0.05, 0) is 36.1 Å². The predicted octanol–water partition coefficient (Wildman–Crippen LogP) is 2.99. The summed E-state index contributed by atoms with van der Waals surface area (Å²) in [5, 5.41) is 0. The van der Waals surface area contributed by atoms with E-state index in [0.717, 1.165) is 41.0 Å². The molecule has 0 fully saturated rings. The molecule has 0 unspecified atom stereocenters. The molecule has 0 saturated carbocycles. The SMILES string of the molecule is Cc1cc2c(cc1Br)CN(c1ncnc3nc[nH]c13)CC2. The van der Waals surface area contributed by atoms with Crippen molar-refractivity contribution >= 4 is 32.9 Å². The average molecular weight is 344 g/mol. The van der Waals surface area contributed by atoms with Crippen molar-refractivity contribution in [1.29, 1.82) is 0 Å². The first kappa shape index (κ1) is 12.8. The number of rotatable bonds is 1. The number of anilines is 1. The molecule has 2 aromatic heterocycles. The van der Waals surface area contributed by atoms with Crippen LogP contribution in [0.15, 0.2) is 29.3 Å². The van der Waals surface area contributed by atoms with Gasteiger partial charge < -0.3 is 9.88 Å². The van der Waals surface area contributed by atoms with E-state index in [1.54, 1.807) is 12.7 Å². The van der Waals surface area contributed by atoms with Crippen molar-refractivity contribution in [2.45, 2.75) is 19.9 Å². The van der Waals surface area contributed by atoms with Crippen molar-refractivity contribution in [1.82, 2.24) is 19.9 Å². The van der Waals surface area contributed by atoms with E-state index in [-0.39, 0.29) is 0 Å². The number of benzene rings is 1. The maximum absolute atomic E-state index is 4.45. The molecule has 1 aromatic carbocycles. The zero-order valence-corrected chi connectivity index (χ0v) is 13.2. The minimum atomic E-state index is 0.718. The summed E-state index contributed by atoms with van der Waals surface area (Å²) < 4.78 is 1.16. The number of hydrogen-bond donors (Lipinski definition) is 1. The second-order valence-electron chi connectivity index (χ2n) is 5.34. The molecule has 21 heavy (non-hydrogen) atoms. The molecular weight excluding hydrogens is 330 g/mol. The normalized spacial score (nSPS) is 14.5. The van der Waals surface area contributed by atoms with Crippen molar-refractivity contribution in [2.75, 3.05) is 11.4 Å². The number of imidazole rings is 1. The third kappa shape index (κ3) is 2.10. The van der Waals surface area contributed by atoms with Gasteiger partial charge in [0.15, 0.2) is 11.5 Å². The van der Waals surface area contributed by atoms with Crippen LogP contribution in [0.5, 0.6) is 0 Å².